The zero-order chi connectivity index (χ0) is 17.9. The highest BCUT2D eigenvalue weighted by Gasteiger charge is 2.33. The average molecular weight is 344 g/mol. The molecule has 0 aliphatic carbocycles. The molecule has 0 fully saturated rings. The van der Waals surface area contributed by atoms with Gasteiger partial charge in [-0.1, -0.05) is 60.7 Å². The largest absolute Gasteiger partial charge is 0.274 e. The molecule has 3 nitrogen and oxygen atoms in total. The van der Waals surface area contributed by atoms with Gasteiger partial charge < -0.3 is 0 Å². The van der Waals surface area contributed by atoms with Gasteiger partial charge in [0.2, 0.25) is 0 Å². The minimum absolute atomic E-state index is 0.161. The lowest BCUT2D eigenvalue weighted by atomic mass is 9.98. The SMILES string of the molecule is O=C(c1ccccc1)N1N=C(c2ccccc2)CC1c1ccc(F)cc1. The summed E-state index contributed by atoms with van der Waals surface area (Å²) in [5.41, 5.74) is 3.29. The lowest BCUT2D eigenvalue weighted by Crippen LogP contribution is -2.27. The van der Waals surface area contributed by atoms with Crippen LogP contribution >= 0.6 is 0 Å². The standard InChI is InChI=1S/C22H17FN2O/c23-19-13-11-17(12-14-19)21-15-20(16-7-3-1-4-8-16)24-25(21)22(26)18-9-5-2-6-10-18/h1-14,21H,15H2. The van der Waals surface area contributed by atoms with Crippen molar-refractivity contribution in [3.8, 4) is 0 Å². The summed E-state index contributed by atoms with van der Waals surface area (Å²) in [5, 5.41) is 6.14. The highest BCUT2D eigenvalue weighted by molar-refractivity contribution is 6.05. The number of carbonyl (C=O) groups excluding carboxylic acids is 1. The normalized spacial score (nSPS) is 16.4. The van der Waals surface area contributed by atoms with Crippen LogP contribution in [-0.4, -0.2) is 16.6 Å². The van der Waals surface area contributed by atoms with Gasteiger partial charge in [-0.2, -0.15) is 5.10 Å². The van der Waals surface area contributed by atoms with Crippen LogP contribution in [0.15, 0.2) is 90.0 Å². The molecular weight excluding hydrogens is 327 g/mol. The van der Waals surface area contributed by atoms with Crippen molar-refractivity contribution in [1.29, 1.82) is 0 Å². The van der Waals surface area contributed by atoms with Crippen molar-refractivity contribution in [1.82, 2.24) is 5.01 Å². The maximum absolute atomic E-state index is 13.3. The van der Waals surface area contributed by atoms with E-state index in [1.165, 1.54) is 17.1 Å². The first kappa shape index (κ1) is 16.2. The Morgan fingerprint density at radius 3 is 2.15 bits per heavy atom. The average Bonchev–Trinajstić information content (AvgIpc) is 3.15. The topological polar surface area (TPSA) is 32.7 Å². The molecule has 1 heterocycles. The molecule has 0 saturated heterocycles. The van der Waals surface area contributed by atoms with Gasteiger partial charge in [-0.3, -0.25) is 4.79 Å². The molecule has 0 bridgehead atoms. The summed E-state index contributed by atoms with van der Waals surface area (Å²) >= 11 is 0. The summed E-state index contributed by atoms with van der Waals surface area (Å²) in [7, 11) is 0. The van der Waals surface area contributed by atoms with E-state index < -0.39 is 0 Å². The molecule has 4 rings (SSSR count). The summed E-state index contributed by atoms with van der Waals surface area (Å²) in [6.45, 7) is 0. The first-order valence-corrected chi connectivity index (χ1v) is 8.49. The van der Waals surface area contributed by atoms with Crippen molar-refractivity contribution >= 4 is 11.6 Å². The predicted octanol–water partition coefficient (Wildman–Crippen LogP) is 4.82. The molecule has 128 valence electrons. The zero-order valence-corrected chi connectivity index (χ0v) is 14.0. The molecule has 0 radical (unpaired) electrons. The predicted molar refractivity (Wildman–Crippen MR) is 99.3 cm³/mol. The number of nitrogens with zero attached hydrogens (tertiary/aromatic N) is 2. The molecule has 26 heavy (non-hydrogen) atoms. The molecule has 1 unspecified atom stereocenters. The zero-order valence-electron chi connectivity index (χ0n) is 14.0. The number of benzene rings is 3. The van der Waals surface area contributed by atoms with Crippen LogP contribution in [0.3, 0.4) is 0 Å². The number of carbonyl (C=O) groups is 1. The van der Waals surface area contributed by atoms with Crippen LogP contribution in [0.2, 0.25) is 0 Å². The van der Waals surface area contributed by atoms with Gasteiger partial charge in [0.1, 0.15) is 5.82 Å². The monoisotopic (exact) mass is 344 g/mol. The van der Waals surface area contributed by atoms with E-state index in [9.17, 15) is 9.18 Å². The number of halogens is 1. The second kappa shape index (κ2) is 6.92. The van der Waals surface area contributed by atoms with Crippen molar-refractivity contribution in [2.45, 2.75) is 12.5 Å². The Morgan fingerprint density at radius 2 is 1.50 bits per heavy atom. The maximum Gasteiger partial charge on any atom is 0.274 e. The first-order valence-electron chi connectivity index (χ1n) is 8.49. The minimum Gasteiger partial charge on any atom is -0.267 e. The van der Waals surface area contributed by atoms with Gasteiger partial charge in [-0.05, 0) is 35.4 Å². The molecule has 0 N–H and O–H groups in total. The summed E-state index contributed by atoms with van der Waals surface area (Å²) in [6.07, 6.45) is 0.591. The van der Waals surface area contributed by atoms with E-state index in [-0.39, 0.29) is 17.8 Å². The lowest BCUT2D eigenvalue weighted by molar-refractivity contribution is 0.0711. The van der Waals surface area contributed by atoms with Gasteiger partial charge in [-0.15, -0.1) is 0 Å². The smallest absolute Gasteiger partial charge is 0.267 e. The van der Waals surface area contributed by atoms with Crippen molar-refractivity contribution in [3.05, 3.63) is 107 Å². The fourth-order valence-electron chi connectivity index (χ4n) is 3.16. The van der Waals surface area contributed by atoms with Crippen molar-refractivity contribution in [3.63, 3.8) is 0 Å². The molecule has 0 spiro atoms. The fraction of sp³-hybridized carbons (Fsp3) is 0.0909. The minimum atomic E-state index is -0.295. The highest BCUT2D eigenvalue weighted by atomic mass is 19.1. The Hall–Kier alpha value is -3.27. The quantitative estimate of drug-likeness (QED) is 0.671. The summed E-state index contributed by atoms with van der Waals surface area (Å²) in [5.74, 6) is -0.456. The molecular formula is C22H17FN2O. The molecule has 1 atom stereocenters. The second-order valence-electron chi connectivity index (χ2n) is 6.20. The van der Waals surface area contributed by atoms with Crippen LogP contribution in [0.1, 0.15) is 33.9 Å². The van der Waals surface area contributed by atoms with Crippen molar-refractivity contribution in [2.24, 2.45) is 5.10 Å². The number of hydrogen-bond donors (Lipinski definition) is 0. The van der Waals surface area contributed by atoms with E-state index in [0.29, 0.717) is 12.0 Å². The number of rotatable bonds is 3. The van der Waals surface area contributed by atoms with E-state index in [1.54, 1.807) is 24.3 Å². The molecule has 4 heteroatoms. The first-order chi connectivity index (χ1) is 12.7. The molecule has 1 aliphatic rings. The number of hydrogen-bond acceptors (Lipinski definition) is 2. The Morgan fingerprint density at radius 1 is 0.885 bits per heavy atom. The van der Waals surface area contributed by atoms with Crippen LogP contribution in [0.4, 0.5) is 4.39 Å². The Labute approximate surface area is 151 Å². The van der Waals surface area contributed by atoms with E-state index in [1.807, 2.05) is 48.5 Å². The molecule has 0 saturated carbocycles. The number of amides is 1. The second-order valence-corrected chi connectivity index (χ2v) is 6.20. The third kappa shape index (κ3) is 3.14. The van der Waals surface area contributed by atoms with E-state index in [2.05, 4.69) is 5.10 Å². The van der Waals surface area contributed by atoms with Crippen LogP contribution < -0.4 is 0 Å². The maximum atomic E-state index is 13.3. The van der Waals surface area contributed by atoms with Crippen LogP contribution in [0, 0.1) is 5.82 Å². The Kier molecular flexibility index (Phi) is 4.32. The van der Waals surface area contributed by atoms with Gasteiger partial charge in [0, 0.05) is 12.0 Å². The number of hydrazone groups is 1. The van der Waals surface area contributed by atoms with Crippen molar-refractivity contribution < 1.29 is 9.18 Å². The lowest BCUT2D eigenvalue weighted by Gasteiger charge is -2.22. The molecule has 1 amide bonds. The van der Waals surface area contributed by atoms with Gasteiger partial charge >= 0.3 is 0 Å². The van der Waals surface area contributed by atoms with Gasteiger partial charge in [0.15, 0.2) is 0 Å². The van der Waals surface area contributed by atoms with Gasteiger partial charge in [-0.25, -0.2) is 9.40 Å². The van der Waals surface area contributed by atoms with E-state index >= 15 is 0 Å². The Balaban J connectivity index is 1.73. The van der Waals surface area contributed by atoms with Gasteiger partial charge in [0.25, 0.3) is 5.91 Å². The third-order valence-electron chi connectivity index (χ3n) is 4.50. The summed E-state index contributed by atoms with van der Waals surface area (Å²) in [6, 6.07) is 24.9. The molecule has 3 aromatic carbocycles. The van der Waals surface area contributed by atoms with Crippen LogP contribution in [-0.2, 0) is 0 Å². The van der Waals surface area contributed by atoms with Crippen LogP contribution in [0.5, 0.6) is 0 Å². The van der Waals surface area contributed by atoms with E-state index in [0.717, 1.165) is 16.8 Å². The molecule has 1 aliphatic heterocycles. The van der Waals surface area contributed by atoms with Crippen molar-refractivity contribution in [2.75, 3.05) is 0 Å². The van der Waals surface area contributed by atoms with Crippen LogP contribution in [0.25, 0.3) is 0 Å². The summed E-state index contributed by atoms with van der Waals surface area (Å²) < 4.78 is 13.3. The third-order valence-corrected chi connectivity index (χ3v) is 4.50. The molecule has 0 aromatic heterocycles. The molecule has 3 aromatic rings. The fourth-order valence-corrected chi connectivity index (χ4v) is 3.16. The van der Waals surface area contributed by atoms with E-state index in [4.69, 9.17) is 0 Å². The highest BCUT2D eigenvalue weighted by Crippen LogP contribution is 2.34. The summed E-state index contributed by atoms with van der Waals surface area (Å²) in [4.78, 5) is 13.0. The van der Waals surface area contributed by atoms with Gasteiger partial charge in [0.05, 0.1) is 11.8 Å². The Bertz CT molecular complexity index is 937.